The van der Waals surface area contributed by atoms with Gasteiger partial charge in [-0.3, -0.25) is 9.10 Å². The highest BCUT2D eigenvalue weighted by Gasteiger charge is 2.30. The molecule has 0 fully saturated rings. The maximum atomic E-state index is 13.6. The van der Waals surface area contributed by atoms with Crippen LogP contribution in [0.25, 0.3) is 0 Å². The highest BCUT2D eigenvalue weighted by Crippen LogP contribution is 2.24. The molecule has 0 aromatic heterocycles. The Bertz CT molecular complexity index is 960. The molecular formula is C21H27FN2O3S. The molecule has 2 aromatic carbocycles. The third-order valence-corrected chi connectivity index (χ3v) is 5.92. The molecule has 7 heteroatoms. The molecule has 2 aromatic rings. The Labute approximate surface area is 166 Å². The van der Waals surface area contributed by atoms with Crippen molar-refractivity contribution in [2.45, 2.75) is 46.2 Å². The minimum atomic E-state index is -3.79. The van der Waals surface area contributed by atoms with E-state index >= 15 is 0 Å². The molecule has 0 spiro atoms. The van der Waals surface area contributed by atoms with Gasteiger partial charge in [0.2, 0.25) is 15.9 Å². The second-order valence-corrected chi connectivity index (χ2v) is 8.90. The summed E-state index contributed by atoms with van der Waals surface area (Å²) in [6.45, 7) is 7.43. The number of carbonyl (C=O) groups is 1. The number of aryl methyl sites for hydroxylation is 2. The predicted octanol–water partition coefficient (Wildman–Crippen LogP) is 3.86. The van der Waals surface area contributed by atoms with E-state index in [0.717, 1.165) is 33.3 Å². The fourth-order valence-electron chi connectivity index (χ4n) is 3.33. The molecule has 1 N–H and O–H groups in total. The molecule has 0 bridgehead atoms. The van der Waals surface area contributed by atoms with Gasteiger partial charge in [0, 0.05) is 0 Å². The Hall–Kier alpha value is -2.41. The summed E-state index contributed by atoms with van der Waals surface area (Å²) in [4.78, 5) is 12.9. The number of rotatable bonds is 7. The average Bonchev–Trinajstić information content (AvgIpc) is 2.59. The van der Waals surface area contributed by atoms with Crippen LogP contribution in [0.1, 0.15) is 43.0 Å². The van der Waals surface area contributed by atoms with E-state index in [1.165, 1.54) is 25.1 Å². The van der Waals surface area contributed by atoms with Crippen LogP contribution < -0.4 is 9.62 Å². The number of hydrogen-bond donors (Lipinski definition) is 1. The first-order valence-electron chi connectivity index (χ1n) is 9.17. The van der Waals surface area contributed by atoms with Crippen molar-refractivity contribution < 1.29 is 17.6 Å². The average molecular weight is 407 g/mol. The number of sulfonamides is 1. The lowest BCUT2D eigenvalue weighted by Crippen LogP contribution is -2.48. The van der Waals surface area contributed by atoms with Crippen LogP contribution in [0.2, 0.25) is 0 Å². The topological polar surface area (TPSA) is 66.5 Å². The summed E-state index contributed by atoms with van der Waals surface area (Å²) in [5, 5.41) is 2.94. The predicted molar refractivity (Wildman–Crippen MR) is 110 cm³/mol. The molecule has 0 saturated carbocycles. The normalized spacial score (nSPS) is 13.6. The lowest BCUT2D eigenvalue weighted by Gasteiger charge is -2.30. The fraction of sp³-hybridized carbons (Fsp3) is 0.381. The molecule has 5 nitrogen and oxygen atoms in total. The summed E-state index contributed by atoms with van der Waals surface area (Å²) in [5.41, 5.74) is 3.30. The molecule has 2 atom stereocenters. The summed E-state index contributed by atoms with van der Waals surface area (Å²) >= 11 is 0. The van der Waals surface area contributed by atoms with Crippen molar-refractivity contribution in [1.82, 2.24) is 5.32 Å². The van der Waals surface area contributed by atoms with Gasteiger partial charge in [0.25, 0.3) is 0 Å². The zero-order chi connectivity index (χ0) is 21.1. The lowest BCUT2D eigenvalue weighted by molar-refractivity contribution is -0.122. The minimum Gasteiger partial charge on any atom is -0.347 e. The van der Waals surface area contributed by atoms with Crippen molar-refractivity contribution in [3.8, 4) is 0 Å². The molecule has 0 saturated heterocycles. The van der Waals surface area contributed by atoms with Crippen molar-refractivity contribution in [2.24, 2.45) is 0 Å². The number of nitrogens with zero attached hydrogens (tertiary/aromatic N) is 1. The highest BCUT2D eigenvalue weighted by molar-refractivity contribution is 7.92. The maximum Gasteiger partial charge on any atom is 0.244 e. The lowest BCUT2D eigenvalue weighted by atomic mass is 9.97. The van der Waals surface area contributed by atoms with Crippen LogP contribution in [0.4, 0.5) is 10.1 Å². The van der Waals surface area contributed by atoms with Crippen molar-refractivity contribution >= 4 is 21.6 Å². The van der Waals surface area contributed by atoms with E-state index in [-0.39, 0.29) is 11.7 Å². The molecule has 152 valence electrons. The van der Waals surface area contributed by atoms with Gasteiger partial charge in [0.15, 0.2) is 0 Å². The Balaban J connectivity index is 2.31. The number of hydrogen-bond acceptors (Lipinski definition) is 3. The zero-order valence-electron chi connectivity index (χ0n) is 16.9. The van der Waals surface area contributed by atoms with Gasteiger partial charge in [-0.25, -0.2) is 12.8 Å². The Kier molecular flexibility index (Phi) is 6.82. The van der Waals surface area contributed by atoms with Crippen LogP contribution in [-0.2, 0) is 14.8 Å². The Morgan fingerprint density at radius 1 is 1.18 bits per heavy atom. The second-order valence-electron chi connectivity index (χ2n) is 7.04. The number of amides is 1. The SMILES string of the molecule is CC[C@H](NC(=O)[C@@H](C)N(c1cccc(F)c1)S(C)(=O)=O)c1ccc(C)cc1C. The minimum absolute atomic E-state index is 0.115. The van der Waals surface area contributed by atoms with Gasteiger partial charge in [0.05, 0.1) is 18.0 Å². The summed E-state index contributed by atoms with van der Waals surface area (Å²) < 4.78 is 39.2. The summed E-state index contributed by atoms with van der Waals surface area (Å²) in [5.74, 6) is -1.01. The second kappa shape index (κ2) is 8.73. The molecule has 0 aliphatic heterocycles. The van der Waals surface area contributed by atoms with Crippen molar-refractivity contribution in [3.05, 3.63) is 65.0 Å². The third-order valence-electron chi connectivity index (χ3n) is 4.68. The van der Waals surface area contributed by atoms with E-state index in [4.69, 9.17) is 0 Å². The van der Waals surface area contributed by atoms with Gasteiger partial charge in [-0.2, -0.15) is 0 Å². The molecule has 1 amide bonds. The van der Waals surface area contributed by atoms with Crippen LogP contribution in [0.3, 0.4) is 0 Å². The summed E-state index contributed by atoms with van der Waals surface area (Å²) in [6, 6.07) is 9.94. The van der Waals surface area contributed by atoms with E-state index in [1.54, 1.807) is 0 Å². The van der Waals surface area contributed by atoms with Gasteiger partial charge in [-0.15, -0.1) is 0 Å². The number of carbonyl (C=O) groups excluding carboxylic acids is 1. The molecule has 28 heavy (non-hydrogen) atoms. The largest absolute Gasteiger partial charge is 0.347 e. The van der Waals surface area contributed by atoms with Crippen LogP contribution in [0.15, 0.2) is 42.5 Å². The standard InChI is InChI=1S/C21H27FN2O3S/c1-6-20(19-11-10-14(2)12-15(19)3)23-21(25)16(4)24(28(5,26)27)18-9-7-8-17(22)13-18/h7-13,16,20H,6H2,1-5H3,(H,23,25)/t16-,20+/m1/s1. The van der Waals surface area contributed by atoms with E-state index in [2.05, 4.69) is 5.32 Å². The van der Waals surface area contributed by atoms with Crippen LogP contribution in [0.5, 0.6) is 0 Å². The van der Waals surface area contributed by atoms with E-state index < -0.39 is 27.8 Å². The number of benzene rings is 2. The van der Waals surface area contributed by atoms with Gasteiger partial charge >= 0.3 is 0 Å². The van der Waals surface area contributed by atoms with E-state index in [1.807, 2.05) is 39.0 Å². The molecule has 0 aliphatic carbocycles. The molecule has 0 heterocycles. The number of anilines is 1. The van der Waals surface area contributed by atoms with Crippen LogP contribution in [0, 0.1) is 19.7 Å². The van der Waals surface area contributed by atoms with E-state index in [0.29, 0.717) is 6.42 Å². The molecular weight excluding hydrogens is 379 g/mol. The molecule has 0 radical (unpaired) electrons. The van der Waals surface area contributed by atoms with Crippen LogP contribution in [-0.4, -0.2) is 26.6 Å². The van der Waals surface area contributed by atoms with Gasteiger partial charge < -0.3 is 5.32 Å². The number of nitrogens with one attached hydrogen (secondary N) is 1. The first-order chi connectivity index (χ1) is 13.0. The fourth-order valence-corrected chi connectivity index (χ4v) is 4.50. The van der Waals surface area contributed by atoms with Crippen LogP contribution >= 0.6 is 0 Å². The molecule has 2 rings (SSSR count). The Morgan fingerprint density at radius 3 is 2.39 bits per heavy atom. The van der Waals surface area contributed by atoms with Crippen molar-refractivity contribution in [1.29, 1.82) is 0 Å². The Morgan fingerprint density at radius 2 is 1.86 bits per heavy atom. The monoisotopic (exact) mass is 406 g/mol. The zero-order valence-corrected chi connectivity index (χ0v) is 17.7. The summed E-state index contributed by atoms with van der Waals surface area (Å²) in [7, 11) is -3.79. The van der Waals surface area contributed by atoms with E-state index in [9.17, 15) is 17.6 Å². The maximum absolute atomic E-state index is 13.6. The van der Waals surface area contributed by atoms with Gasteiger partial charge in [0.1, 0.15) is 11.9 Å². The van der Waals surface area contributed by atoms with Crippen molar-refractivity contribution in [2.75, 3.05) is 10.6 Å². The quantitative estimate of drug-likeness (QED) is 0.759. The van der Waals surface area contributed by atoms with Crippen molar-refractivity contribution in [3.63, 3.8) is 0 Å². The first kappa shape index (κ1) is 21.9. The summed E-state index contributed by atoms with van der Waals surface area (Å²) in [6.07, 6.45) is 1.66. The molecule has 0 unspecified atom stereocenters. The first-order valence-corrected chi connectivity index (χ1v) is 11.0. The smallest absolute Gasteiger partial charge is 0.244 e. The van der Waals surface area contributed by atoms with Gasteiger partial charge in [-0.05, 0) is 56.5 Å². The third kappa shape index (κ3) is 5.10. The molecule has 0 aliphatic rings. The van der Waals surface area contributed by atoms with Gasteiger partial charge in [-0.1, -0.05) is 36.8 Å². The highest BCUT2D eigenvalue weighted by atomic mass is 32.2. The number of halogens is 1.